The second-order valence-electron chi connectivity index (χ2n) is 3.31. The predicted octanol–water partition coefficient (Wildman–Crippen LogP) is 2.59. The lowest BCUT2D eigenvalue weighted by Gasteiger charge is -1.97. The van der Waals surface area contributed by atoms with Crippen LogP contribution in [0.4, 0.5) is 10.1 Å². The normalized spacial score (nSPS) is 9.95. The van der Waals surface area contributed by atoms with Crippen LogP contribution in [0.15, 0.2) is 27.7 Å². The Balaban J connectivity index is 2.33. The van der Waals surface area contributed by atoms with E-state index in [9.17, 15) is 14.5 Å². The third kappa shape index (κ3) is 2.64. The molecule has 2 aromatic rings. The smallest absolute Gasteiger partial charge is 0.272 e. The van der Waals surface area contributed by atoms with E-state index in [4.69, 9.17) is 9.95 Å². The SMILES string of the molecule is [N-]=[N+]=NCc1nnc(-c2ccc([N+](=O)[O-])cc2F)o1. The van der Waals surface area contributed by atoms with Crippen molar-refractivity contribution in [2.45, 2.75) is 6.54 Å². The lowest BCUT2D eigenvalue weighted by Crippen LogP contribution is -1.91. The van der Waals surface area contributed by atoms with Gasteiger partial charge < -0.3 is 4.42 Å². The molecule has 0 spiro atoms. The number of azide groups is 1. The fourth-order valence-electron chi connectivity index (χ4n) is 1.31. The highest BCUT2D eigenvalue weighted by molar-refractivity contribution is 5.56. The molecular weight excluding hydrogens is 259 g/mol. The zero-order valence-corrected chi connectivity index (χ0v) is 9.23. The first-order valence-corrected chi connectivity index (χ1v) is 4.89. The number of halogens is 1. The zero-order chi connectivity index (χ0) is 13.8. The second kappa shape index (κ2) is 5.10. The zero-order valence-electron chi connectivity index (χ0n) is 9.23. The molecule has 19 heavy (non-hydrogen) atoms. The summed E-state index contributed by atoms with van der Waals surface area (Å²) in [6.07, 6.45) is 0. The van der Waals surface area contributed by atoms with Crippen LogP contribution in [-0.4, -0.2) is 15.1 Å². The van der Waals surface area contributed by atoms with Gasteiger partial charge in [0.05, 0.1) is 16.6 Å². The van der Waals surface area contributed by atoms with Crippen LogP contribution < -0.4 is 0 Å². The highest BCUT2D eigenvalue weighted by atomic mass is 19.1. The van der Waals surface area contributed by atoms with Gasteiger partial charge in [-0.15, -0.1) is 10.2 Å². The van der Waals surface area contributed by atoms with Gasteiger partial charge in [-0.3, -0.25) is 10.1 Å². The maximum atomic E-state index is 13.6. The minimum Gasteiger partial charge on any atom is -0.420 e. The van der Waals surface area contributed by atoms with Crippen LogP contribution >= 0.6 is 0 Å². The number of nitro benzene ring substituents is 1. The Morgan fingerprint density at radius 3 is 2.95 bits per heavy atom. The van der Waals surface area contributed by atoms with Crippen LogP contribution in [-0.2, 0) is 6.54 Å². The topological polar surface area (TPSA) is 131 Å². The summed E-state index contributed by atoms with van der Waals surface area (Å²) in [6.45, 7) is -0.155. The molecule has 0 unspecified atom stereocenters. The molecule has 10 heteroatoms. The molecule has 96 valence electrons. The summed E-state index contributed by atoms with van der Waals surface area (Å²) in [6, 6.07) is 3.04. The van der Waals surface area contributed by atoms with E-state index in [1.807, 2.05) is 0 Å². The Bertz CT molecular complexity index is 678. The van der Waals surface area contributed by atoms with E-state index in [0.29, 0.717) is 0 Å². The minimum atomic E-state index is -0.854. The summed E-state index contributed by atoms with van der Waals surface area (Å²) in [5.41, 5.74) is 7.68. The van der Waals surface area contributed by atoms with Gasteiger partial charge in [-0.25, -0.2) is 4.39 Å². The number of benzene rings is 1. The molecule has 1 aromatic carbocycles. The number of hydrogen-bond acceptors (Lipinski definition) is 6. The van der Waals surface area contributed by atoms with Crippen LogP contribution in [0.25, 0.3) is 21.9 Å². The highest BCUT2D eigenvalue weighted by Crippen LogP contribution is 2.25. The third-order valence-electron chi connectivity index (χ3n) is 2.13. The monoisotopic (exact) mass is 264 g/mol. The lowest BCUT2D eigenvalue weighted by molar-refractivity contribution is -0.385. The number of nitrogens with zero attached hydrogens (tertiary/aromatic N) is 6. The molecule has 0 saturated heterocycles. The van der Waals surface area contributed by atoms with E-state index in [0.717, 1.165) is 12.1 Å². The van der Waals surface area contributed by atoms with Crippen molar-refractivity contribution in [3.63, 3.8) is 0 Å². The molecule has 2 rings (SSSR count). The quantitative estimate of drug-likeness (QED) is 0.275. The van der Waals surface area contributed by atoms with E-state index in [1.165, 1.54) is 6.07 Å². The van der Waals surface area contributed by atoms with E-state index < -0.39 is 10.7 Å². The van der Waals surface area contributed by atoms with Crippen LogP contribution in [0.1, 0.15) is 5.89 Å². The first-order chi connectivity index (χ1) is 9.11. The molecule has 0 saturated carbocycles. The molecule has 0 radical (unpaired) electrons. The molecule has 0 N–H and O–H groups in total. The van der Waals surface area contributed by atoms with Gasteiger partial charge in [-0.05, 0) is 11.6 Å². The van der Waals surface area contributed by atoms with E-state index in [1.54, 1.807) is 0 Å². The Morgan fingerprint density at radius 2 is 2.32 bits per heavy atom. The fourth-order valence-corrected chi connectivity index (χ4v) is 1.31. The van der Waals surface area contributed by atoms with Crippen LogP contribution in [0.5, 0.6) is 0 Å². The molecule has 0 fully saturated rings. The first-order valence-electron chi connectivity index (χ1n) is 4.89. The molecule has 0 atom stereocenters. The van der Waals surface area contributed by atoms with Crippen molar-refractivity contribution in [1.29, 1.82) is 0 Å². The molecule has 0 amide bonds. The van der Waals surface area contributed by atoms with Gasteiger partial charge in [0.25, 0.3) is 11.6 Å². The Kier molecular flexibility index (Phi) is 3.35. The Hall–Kier alpha value is -3.00. The number of hydrogen-bond donors (Lipinski definition) is 0. The number of nitro groups is 1. The van der Waals surface area contributed by atoms with Crippen molar-refractivity contribution >= 4 is 5.69 Å². The molecule has 0 aliphatic carbocycles. The van der Waals surface area contributed by atoms with Crippen molar-refractivity contribution in [2.75, 3.05) is 0 Å². The summed E-state index contributed by atoms with van der Waals surface area (Å²) in [7, 11) is 0. The van der Waals surface area contributed by atoms with Crippen molar-refractivity contribution in [2.24, 2.45) is 5.11 Å². The fraction of sp³-hybridized carbons (Fsp3) is 0.111. The molecule has 9 nitrogen and oxygen atoms in total. The predicted molar refractivity (Wildman–Crippen MR) is 59.2 cm³/mol. The summed E-state index contributed by atoms with van der Waals surface area (Å²) >= 11 is 0. The van der Waals surface area contributed by atoms with Gasteiger partial charge in [0.1, 0.15) is 12.4 Å². The van der Waals surface area contributed by atoms with Crippen molar-refractivity contribution in [3.05, 3.63) is 50.5 Å². The third-order valence-corrected chi connectivity index (χ3v) is 2.13. The van der Waals surface area contributed by atoms with Gasteiger partial charge in [-0.1, -0.05) is 5.11 Å². The number of non-ortho nitro benzene ring substituents is 1. The standard InChI is InChI=1S/C9H5FN6O3/c10-7-3-5(16(17)18)1-2-6(7)9-14-13-8(19-9)4-12-15-11/h1-3H,4H2. The van der Waals surface area contributed by atoms with Gasteiger partial charge in [0.2, 0.25) is 5.89 Å². The lowest BCUT2D eigenvalue weighted by atomic mass is 10.2. The van der Waals surface area contributed by atoms with Gasteiger partial charge in [-0.2, -0.15) is 0 Å². The highest BCUT2D eigenvalue weighted by Gasteiger charge is 2.16. The summed E-state index contributed by atoms with van der Waals surface area (Å²) in [4.78, 5) is 12.3. The molecule has 1 heterocycles. The summed E-state index contributed by atoms with van der Waals surface area (Å²) in [5, 5.41) is 20.8. The summed E-state index contributed by atoms with van der Waals surface area (Å²) in [5.74, 6) is -0.978. The van der Waals surface area contributed by atoms with E-state index in [-0.39, 0.29) is 29.6 Å². The molecule has 0 aliphatic heterocycles. The van der Waals surface area contributed by atoms with Gasteiger partial charge >= 0.3 is 0 Å². The average molecular weight is 264 g/mol. The van der Waals surface area contributed by atoms with Crippen molar-refractivity contribution in [1.82, 2.24) is 10.2 Å². The average Bonchev–Trinajstić information content (AvgIpc) is 2.84. The molecule has 1 aromatic heterocycles. The van der Waals surface area contributed by atoms with Crippen molar-refractivity contribution < 1.29 is 13.7 Å². The minimum absolute atomic E-state index is 0.0190. The van der Waals surface area contributed by atoms with E-state index >= 15 is 0 Å². The van der Waals surface area contributed by atoms with Crippen molar-refractivity contribution in [3.8, 4) is 11.5 Å². The van der Waals surface area contributed by atoms with E-state index in [2.05, 4.69) is 20.2 Å². The number of aromatic nitrogens is 2. The maximum absolute atomic E-state index is 13.6. The summed E-state index contributed by atoms with van der Waals surface area (Å²) < 4.78 is 18.7. The first kappa shape index (κ1) is 12.5. The van der Waals surface area contributed by atoms with Crippen LogP contribution in [0, 0.1) is 15.9 Å². The molecular formula is C9H5FN6O3. The Morgan fingerprint density at radius 1 is 1.53 bits per heavy atom. The van der Waals surface area contributed by atoms with Crippen LogP contribution in [0.3, 0.4) is 0 Å². The van der Waals surface area contributed by atoms with Crippen LogP contribution in [0.2, 0.25) is 0 Å². The molecule has 0 aliphatic rings. The second-order valence-corrected chi connectivity index (χ2v) is 3.31. The van der Waals surface area contributed by atoms with Gasteiger partial charge in [0, 0.05) is 11.0 Å². The number of rotatable bonds is 4. The molecule has 0 bridgehead atoms. The van der Waals surface area contributed by atoms with Gasteiger partial charge in [0.15, 0.2) is 0 Å². The Labute approximate surface area is 104 Å². The largest absolute Gasteiger partial charge is 0.420 e. The maximum Gasteiger partial charge on any atom is 0.272 e.